The van der Waals surface area contributed by atoms with E-state index < -0.39 is 5.97 Å². The Morgan fingerprint density at radius 1 is 1.08 bits per heavy atom. The van der Waals surface area contributed by atoms with Crippen LogP contribution in [0, 0.1) is 5.92 Å². The number of nitrogens with zero attached hydrogens (tertiary/aromatic N) is 2. The van der Waals surface area contributed by atoms with Gasteiger partial charge in [-0.05, 0) is 36.7 Å². The van der Waals surface area contributed by atoms with Gasteiger partial charge >= 0.3 is 12.0 Å². The maximum absolute atomic E-state index is 12.5. The van der Waals surface area contributed by atoms with Crippen molar-refractivity contribution in [2.24, 2.45) is 5.92 Å². The molecule has 6 heteroatoms. The van der Waals surface area contributed by atoms with E-state index in [-0.39, 0.29) is 11.6 Å². The highest BCUT2D eigenvalue weighted by Crippen LogP contribution is 2.05. The number of rotatable bonds is 10. The first-order valence-electron chi connectivity index (χ1n) is 8.94. The Balaban J connectivity index is 2.59. The van der Waals surface area contributed by atoms with Crippen LogP contribution in [0.5, 0.6) is 0 Å². The number of carboxylic acid groups (broad SMARTS) is 1. The van der Waals surface area contributed by atoms with Gasteiger partial charge in [-0.15, -0.1) is 0 Å². The molecular formula is C19H31N3O3. The van der Waals surface area contributed by atoms with E-state index in [4.69, 9.17) is 5.11 Å². The third-order valence-corrected chi connectivity index (χ3v) is 4.10. The van der Waals surface area contributed by atoms with Crippen molar-refractivity contribution in [1.82, 2.24) is 15.1 Å². The molecule has 2 N–H and O–H groups in total. The summed E-state index contributed by atoms with van der Waals surface area (Å²) in [7, 11) is 0. The molecular weight excluding hydrogens is 318 g/mol. The summed E-state index contributed by atoms with van der Waals surface area (Å²) in [6, 6.07) is 6.48. The topological polar surface area (TPSA) is 72.9 Å². The zero-order valence-corrected chi connectivity index (χ0v) is 15.8. The van der Waals surface area contributed by atoms with Crippen LogP contribution in [-0.2, 0) is 6.54 Å². The molecule has 1 aromatic rings. The number of hydrogen-bond donors (Lipinski definition) is 2. The fraction of sp³-hybridized carbons (Fsp3) is 0.579. The summed E-state index contributed by atoms with van der Waals surface area (Å²) in [5, 5.41) is 11.8. The molecule has 25 heavy (non-hydrogen) atoms. The van der Waals surface area contributed by atoms with Crippen molar-refractivity contribution in [3.63, 3.8) is 0 Å². The van der Waals surface area contributed by atoms with E-state index in [1.807, 2.05) is 4.90 Å². The fourth-order valence-electron chi connectivity index (χ4n) is 2.57. The van der Waals surface area contributed by atoms with Crippen molar-refractivity contribution < 1.29 is 14.7 Å². The third-order valence-electron chi connectivity index (χ3n) is 4.10. The number of carbonyl (C=O) groups excluding carboxylic acids is 1. The number of amides is 2. The molecule has 0 spiro atoms. The molecule has 0 radical (unpaired) electrons. The first kappa shape index (κ1) is 21.0. The van der Waals surface area contributed by atoms with Gasteiger partial charge in [0.2, 0.25) is 0 Å². The molecule has 1 aromatic carbocycles. The Hall–Kier alpha value is -2.08. The summed E-state index contributed by atoms with van der Waals surface area (Å²) in [5.74, 6) is -0.549. The Morgan fingerprint density at radius 2 is 1.68 bits per heavy atom. The first-order chi connectivity index (χ1) is 11.9. The van der Waals surface area contributed by atoms with Crippen LogP contribution >= 0.6 is 0 Å². The molecule has 0 aliphatic carbocycles. The average Bonchev–Trinajstić information content (AvgIpc) is 2.59. The lowest BCUT2D eigenvalue weighted by molar-refractivity contribution is 0.0697. The predicted octanol–water partition coefficient (Wildman–Crippen LogP) is 2.89. The normalized spacial score (nSPS) is 11.0. The third kappa shape index (κ3) is 7.56. The highest BCUT2D eigenvalue weighted by Gasteiger charge is 2.15. The molecule has 6 nitrogen and oxygen atoms in total. The molecule has 0 saturated heterocycles. The molecule has 0 aromatic heterocycles. The van der Waals surface area contributed by atoms with Crippen LogP contribution in [0.25, 0.3) is 0 Å². The molecule has 1 rings (SSSR count). The van der Waals surface area contributed by atoms with Crippen LogP contribution in [0.2, 0.25) is 0 Å². The van der Waals surface area contributed by atoms with E-state index in [0.717, 1.165) is 25.2 Å². The van der Waals surface area contributed by atoms with Gasteiger partial charge in [0.05, 0.1) is 5.56 Å². The highest BCUT2D eigenvalue weighted by molar-refractivity contribution is 5.87. The van der Waals surface area contributed by atoms with E-state index in [0.29, 0.717) is 25.6 Å². The van der Waals surface area contributed by atoms with Gasteiger partial charge in [-0.2, -0.15) is 0 Å². The van der Waals surface area contributed by atoms with Gasteiger partial charge in [-0.25, -0.2) is 9.59 Å². The van der Waals surface area contributed by atoms with Gasteiger partial charge in [-0.1, -0.05) is 39.8 Å². The number of aromatic carboxylic acids is 1. The first-order valence-corrected chi connectivity index (χ1v) is 8.94. The number of nitrogens with one attached hydrogen (secondary N) is 1. The largest absolute Gasteiger partial charge is 0.478 e. The second-order valence-electron chi connectivity index (χ2n) is 6.53. The molecule has 0 bridgehead atoms. The molecule has 0 aliphatic rings. The summed E-state index contributed by atoms with van der Waals surface area (Å²) in [6.45, 7) is 13.1. The molecule has 0 unspecified atom stereocenters. The smallest absolute Gasteiger partial charge is 0.335 e. The fourth-order valence-corrected chi connectivity index (χ4v) is 2.57. The lowest BCUT2D eigenvalue weighted by atomic mass is 10.1. The Kier molecular flexibility index (Phi) is 8.99. The van der Waals surface area contributed by atoms with Crippen molar-refractivity contribution in [1.29, 1.82) is 0 Å². The molecule has 0 aliphatic heterocycles. The van der Waals surface area contributed by atoms with E-state index in [2.05, 4.69) is 37.9 Å². The molecule has 0 heterocycles. The molecule has 2 amide bonds. The van der Waals surface area contributed by atoms with Gasteiger partial charge in [0.1, 0.15) is 0 Å². The Bertz CT molecular complexity index is 539. The minimum Gasteiger partial charge on any atom is -0.478 e. The highest BCUT2D eigenvalue weighted by atomic mass is 16.4. The standard InChI is InChI=1S/C19H31N3O3/c1-5-21(6-2)11-12-22(14-15(3)4)19(25)20-13-16-7-9-17(10-8-16)18(23)24/h7-10,15H,5-6,11-14H2,1-4H3,(H,20,25)(H,23,24). The van der Waals surface area contributed by atoms with E-state index in [9.17, 15) is 9.59 Å². The Morgan fingerprint density at radius 3 is 2.16 bits per heavy atom. The summed E-state index contributed by atoms with van der Waals surface area (Å²) in [4.78, 5) is 27.5. The van der Waals surface area contributed by atoms with E-state index >= 15 is 0 Å². The number of benzene rings is 1. The lowest BCUT2D eigenvalue weighted by Crippen LogP contribution is -2.45. The van der Waals surface area contributed by atoms with Gasteiger partial charge in [0.25, 0.3) is 0 Å². The summed E-state index contributed by atoms with van der Waals surface area (Å²) in [5.41, 5.74) is 1.13. The van der Waals surface area contributed by atoms with Crippen molar-refractivity contribution in [3.8, 4) is 0 Å². The Labute approximate surface area is 150 Å². The second kappa shape index (κ2) is 10.7. The number of urea groups is 1. The van der Waals surface area contributed by atoms with Crippen molar-refractivity contribution in [3.05, 3.63) is 35.4 Å². The average molecular weight is 349 g/mol. The van der Waals surface area contributed by atoms with Crippen molar-refractivity contribution in [2.75, 3.05) is 32.7 Å². The number of carboxylic acids is 1. The number of hydrogen-bond acceptors (Lipinski definition) is 3. The summed E-state index contributed by atoms with van der Waals surface area (Å²) >= 11 is 0. The van der Waals surface area contributed by atoms with Gasteiger partial charge in [0.15, 0.2) is 0 Å². The van der Waals surface area contributed by atoms with Crippen molar-refractivity contribution in [2.45, 2.75) is 34.2 Å². The van der Waals surface area contributed by atoms with Crippen LogP contribution in [0.1, 0.15) is 43.6 Å². The number of carbonyl (C=O) groups is 2. The van der Waals surface area contributed by atoms with Crippen LogP contribution in [0.3, 0.4) is 0 Å². The molecule has 140 valence electrons. The van der Waals surface area contributed by atoms with Crippen LogP contribution < -0.4 is 5.32 Å². The van der Waals surface area contributed by atoms with Crippen LogP contribution in [-0.4, -0.2) is 59.6 Å². The van der Waals surface area contributed by atoms with E-state index in [1.54, 1.807) is 24.3 Å². The van der Waals surface area contributed by atoms with Crippen molar-refractivity contribution >= 4 is 12.0 Å². The van der Waals surface area contributed by atoms with Crippen LogP contribution in [0.15, 0.2) is 24.3 Å². The SMILES string of the molecule is CCN(CC)CCN(CC(C)C)C(=O)NCc1ccc(C(=O)O)cc1. The quantitative estimate of drug-likeness (QED) is 0.681. The lowest BCUT2D eigenvalue weighted by Gasteiger charge is -2.28. The predicted molar refractivity (Wildman–Crippen MR) is 99.8 cm³/mol. The zero-order valence-electron chi connectivity index (χ0n) is 15.8. The minimum atomic E-state index is -0.949. The molecule has 0 atom stereocenters. The monoisotopic (exact) mass is 349 g/mol. The zero-order chi connectivity index (χ0) is 18.8. The molecule has 0 saturated carbocycles. The summed E-state index contributed by atoms with van der Waals surface area (Å²) < 4.78 is 0. The second-order valence-corrected chi connectivity index (χ2v) is 6.53. The number of likely N-dealkylation sites (N-methyl/N-ethyl adjacent to an activating group) is 1. The molecule has 0 fully saturated rings. The van der Waals surface area contributed by atoms with Gasteiger partial charge in [-0.3, -0.25) is 0 Å². The van der Waals surface area contributed by atoms with Crippen LogP contribution in [0.4, 0.5) is 4.79 Å². The van der Waals surface area contributed by atoms with E-state index in [1.165, 1.54) is 0 Å². The summed E-state index contributed by atoms with van der Waals surface area (Å²) in [6.07, 6.45) is 0. The van der Waals surface area contributed by atoms with Gasteiger partial charge < -0.3 is 20.2 Å². The minimum absolute atomic E-state index is 0.0804. The van der Waals surface area contributed by atoms with Gasteiger partial charge in [0, 0.05) is 26.2 Å². The maximum Gasteiger partial charge on any atom is 0.335 e. The maximum atomic E-state index is 12.5.